The van der Waals surface area contributed by atoms with Crippen LogP contribution in [0.1, 0.15) is 29.0 Å². The van der Waals surface area contributed by atoms with Crippen LogP contribution in [0.4, 0.5) is 11.6 Å². The monoisotopic (exact) mass is 471 g/mol. The van der Waals surface area contributed by atoms with Gasteiger partial charge in [0.2, 0.25) is 11.9 Å². The van der Waals surface area contributed by atoms with Crippen LogP contribution in [0.25, 0.3) is 0 Å². The molecular weight excluding hydrogens is 450 g/mol. The number of anilines is 1. The van der Waals surface area contributed by atoms with Gasteiger partial charge in [-0.25, -0.2) is 0 Å². The van der Waals surface area contributed by atoms with Crippen molar-refractivity contribution in [2.75, 3.05) is 23.7 Å². The van der Waals surface area contributed by atoms with Crippen LogP contribution in [-0.4, -0.2) is 50.3 Å². The summed E-state index contributed by atoms with van der Waals surface area (Å²) in [7, 11) is 0. The topological polar surface area (TPSA) is 148 Å². The van der Waals surface area contributed by atoms with Crippen LogP contribution in [-0.2, 0) is 11.3 Å². The van der Waals surface area contributed by atoms with Gasteiger partial charge < -0.3 is 9.32 Å². The van der Waals surface area contributed by atoms with E-state index in [1.165, 1.54) is 36.0 Å². The van der Waals surface area contributed by atoms with Crippen molar-refractivity contribution in [3.8, 4) is 0 Å². The van der Waals surface area contributed by atoms with Gasteiger partial charge in [0.05, 0.1) is 23.5 Å². The molecule has 0 aliphatic carbocycles. The number of carbonyl (C=O) groups excluding carboxylic acids is 2. The average Bonchev–Trinajstić information content (AvgIpc) is 3.59. The third-order valence-electron chi connectivity index (χ3n) is 4.97. The normalized spacial score (nSPS) is 13.2. The number of furan rings is 1. The van der Waals surface area contributed by atoms with E-state index in [0.717, 1.165) is 37.6 Å². The van der Waals surface area contributed by atoms with Gasteiger partial charge >= 0.3 is 0 Å². The van der Waals surface area contributed by atoms with E-state index in [4.69, 9.17) is 4.42 Å². The highest BCUT2D eigenvalue weighted by Crippen LogP contribution is 2.25. The summed E-state index contributed by atoms with van der Waals surface area (Å²) >= 11 is 1.19. The molecular formula is C20H21N7O5S. The van der Waals surface area contributed by atoms with E-state index in [1.54, 1.807) is 6.26 Å². The Morgan fingerprint density at radius 3 is 2.55 bits per heavy atom. The second kappa shape index (κ2) is 10.2. The lowest BCUT2D eigenvalue weighted by atomic mass is 10.2. The number of nitrogens with zero attached hydrogens (tertiary/aromatic N) is 5. The molecule has 2 N–H and O–H groups in total. The quantitative estimate of drug-likeness (QED) is 0.286. The smallest absolute Gasteiger partial charge is 0.269 e. The molecule has 1 aromatic carbocycles. The lowest BCUT2D eigenvalue weighted by Gasteiger charge is -2.17. The third-order valence-corrected chi connectivity index (χ3v) is 5.94. The summed E-state index contributed by atoms with van der Waals surface area (Å²) in [5, 5.41) is 19.8. The largest absolute Gasteiger partial charge is 0.467 e. The zero-order chi connectivity index (χ0) is 23.2. The van der Waals surface area contributed by atoms with E-state index in [2.05, 4.69) is 25.9 Å². The van der Waals surface area contributed by atoms with Crippen LogP contribution in [0.3, 0.4) is 0 Å². The van der Waals surface area contributed by atoms with Gasteiger partial charge in [-0.1, -0.05) is 11.8 Å². The number of nitro benzene ring substituents is 1. The molecule has 33 heavy (non-hydrogen) atoms. The summed E-state index contributed by atoms with van der Waals surface area (Å²) in [5.74, 6) is 0.456. The zero-order valence-electron chi connectivity index (χ0n) is 17.5. The molecule has 0 unspecified atom stereocenters. The van der Waals surface area contributed by atoms with Crippen molar-refractivity contribution in [1.29, 1.82) is 0 Å². The Hall–Kier alpha value is -3.87. The summed E-state index contributed by atoms with van der Waals surface area (Å²) in [6.07, 6.45) is 3.78. The second-order valence-electron chi connectivity index (χ2n) is 7.24. The Balaban J connectivity index is 1.34. The maximum Gasteiger partial charge on any atom is 0.269 e. The number of hydrogen-bond acceptors (Lipinski definition) is 9. The van der Waals surface area contributed by atoms with Crippen molar-refractivity contribution in [3.63, 3.8) is 0 Å². The van der Waals surface area contributed by atoms with E-state index in [1.807, 2.05) is 16.7 Å². The molecule has 12 nitrogen and oxygen atoms in total. The van der Waals surface area contributed by atoms with Gasteiger partial charge in [-0.05, 0) is 37.1 Å². The minimum atomic E-state index is -0.583. The number of hydrazine groups is 1. The fraction of sp³-hybridized carbons (Fsp3) is 0.300. The highest BCUT2D eigenvalue weighted by molar-refractivity contribution is 7.99. The molecule has 2 amide bonds. The first-order valence-electron chi connectivity index (χ1n) is 10.2. The Morgan fingerprint density at radius 1 is 1.12 bits per heavy atom. The Labute approximate surface area is 192 Å². The third kappa shape index (κ3) is 5.49. The first kappa shape index (κ1) is 22.3. The van der Waals surface area contributed by atoms with Crippen LogP contribution in [0.15, 0.2) is 52.2 Å². The molecule has 1 aliphatic rings. The summed E-state index contributed by atoms with van der Waals surface area (Å²) in [4.78, 5) is 36.7. The lowest BCUT2D eigenvalue weighted by molar-refractivity contribution is -0.384. The lowest BCUT2D eigenvalue weighted by Crippen LogP contribution is -2.42. The maximum atomic E-state index is 12.3. The molecule has 4 rings (SSSR count). The number of aromatic nitrogens is 3. The van der Waals surface area contributed by atoms with E-state index in [9.17, 15) is 19.7 Å². The summed E-state index contributed by atoms with van der Waals surface area (Å²) in [6.45, 7) is 2.24. The van der Waals surface area contributed by atoms with Crippen LogP contribution in [0, 0.1) is 10.1 Å². The SMILES string of the molecule is O=C(CSc1nnc(N2CCCC2)n1Cc1ccco1)NNC(=O)c1ccc([N+](=O)[O-])cc1. The fourth-order valence-electron chi connectivity index (χ4n) is 3.33. The Bertz CT molecular complexity index is 1120. The van der Waals surface area contributed by atoms with Gasteiger partial charge in [0.15, 0.2) is 5.16 Å². The number of carbonyl (C=O) groups is 2. The number of amides is 2. The summed E-state index contributed by atoms with van der Waals surface area (Å²) in [5.41, 5.74) is 4.69. The predicted molar refractivity (Wildman–Crippen MR) is 119 cm³/mol. The molecule has 13 heteroatoms. The number of rotatable bonds is 8. The summed E-state index contributed by atoms with van der Waals surface area (Å²) < 4.78 is 7.38. The standard InChI is InChI=1S/C20H21N7O5S/c28-17(21-22-18(29)14-5-7-15(8-6-14)27(30)31)13-33-20-24-23-19(25-9-1-2-10-25)26(20)12-16-4-3-11-32-16/h3-8,11H,1-2,9-10,12-13H2,(H,21,28)(H,22,29). The van der Waals surface area contributed by atoms with Crippen molar-refractivity contribution in [2.24, 2.45) is 0 Å². The molecule has 0 radical (unpaired) electrons. The molecule has 2 aromatic heterocycles. The number of thioether (sulfide) groups is 1. The molecule has 1 aliphatic heterocycles. The first-order chi connectivity index (χ1) is 16.0. The number of hydrogen-bond donors (Lipinski definition) is 2. The van der Waals surface area contributed by atoms with Gasteiger partial charge in [-0.3, -0.25) is 35.1 Å². The van der Waals surface area contributed by atoms with E-state index in [-0.39, 0.29) is 17.0 Å². The van der Waals surface area contributed by atoms with Crippen LogP contribution in [0.2, 0.25) is 0 Å². The molecule has 1 saturated heterocycles. The van der Waals surface area contributed by atoms with Crippen LogP contribution < -0.4 is 15.8 Å². The first-order valence-corrected chi connectivity index (χ1v) is 11.2. The van der Waals surface area contributed by atoms with Crippen molar-refractivity contribution >= 4 is 35.2 Å². The number of non-ortho nitro benzene ring substituents is 1. The predicted octanol–water partition coefficient (Wildman–Crippen LogP) is 1.98. The number of nitrogens with one attached hydrogen (secondary N) is 2. The highest BCUT2D eigenvalue weighted by atomic mass is 32.2. The average molecular weight is 471 g/mol. The Kier molecular flexibility index (Phi) is 6.88. The van der Waals surface area contributed by atoms with Gasteiger partial charge in [-0.15, -0.1) is 10.2 Å². The molecule has 3 heterocycles. The highest BCUT2D eigenvalue weighted by Gasteiger charge is 2.22. The van der Waals surface area contributed by atoms with Gasteiger partial charge in [-0.2, -0.15) is 0 Å². The maximum absolute atomic E-state index is 12.3. The van der Waals surface area contributed by atoms with Crippen LogP contribution in [0.5, 0.6) is 0 Å². The van der Waals surface area contributed by atoms with Gasteiger partial charge in [0.25, 0.3) is 11.6 Å². The van der Waals surface area contributed by atoms with Crippen molar-refractivity contribution in [1.82, 2.24) is 25.6 Å². The number of benzene rings is 1. The molecule has 0 saturated carbocycles. The molecule has 0 atom stereocenters. The number of nitro groups is 1. The minimum Gasteiger partial charge on any atom is -0.467 e. The second-order valence-corrected chi connectivity index (χ2v) is 8.18. The van der Waals surface area contributed by atoms with E-state index < -0.39 is 16.7 Å². The fourth-order valence-corrected chi connectivity index (χ4v) is 4.07. The van der Waals surface area contributed by atoms with Crippen LogP contribution >= 0.6 is 11.8 Å². The van der Waals surface area contributed by atoms with Gasteiger partial charge in [0, 0.05) is 30.8 Å². The van der Waals surface area contributed by atoms with Gasteiger partial charge in [0.1, 0.15) is 5.76 Å². The molecule has 172 valence electrons. The van der Waals surface area contributed by atoms with Crippen molar-refractivity contribution < 1.29 is 18.9 Å². The Morgan fingerprint density at radius 2 is 1.88 bits per heavy atom. The van der Waals surface area contributed by atoms with Crippen molar-refractivity contribution in [2.45, 2.75) is 24.5 Å². The summed E-state index contributed by atoms with van der Waals surface area (Å²) in [6, 6.07) is 8.73. The molecule has 0 spiro atoms. The molecule has 0 bridgehead atoms. The molecule has 3 aromatic rings. The minimum absolute atomic E-state index is 0.00315. The zero-order valence-corrected chi connectivity index (χ0v) is 18.3. The molecule has 1 fully saturated rings. The van der Waals surface area contributed by atoms with E-state index in [0.29, 0.717) is 11.7 Å². The van der Waals surface area contributed by atoms with Crippen molar-refractivity contribution in [3.05, 3.63) is 64.1 Å². The van der Waals surface area contributed by atoms with E-state index >= 15 is 0 Å².